The van der Waals surface area contributed by atoms with Gasteiger partial charge in [0.2, 0.25) is 0 Å². The molecule has 0 spiro atoms. The third kappa shape index (κ3) is 5.21. The first-order valence-electron chi connectivity index (χ1n) is 11.8. The van der Waals surface area contributed by atoms with Gasteiger partial charge in [0, 0.05) is 29.4 Å². The molecule has 5 rings (SSSR count). The third-order valence-electron chi connectivity index (χ3n) is 6.79. The van der Waals surface area contributed by atoms with Crippen LogP contribution in [-0.4, -0.2) is 46.7 Å². The first-order valence-corrected chi connectivity index (χ1v) is 11.8. The van der Waals surface area contributed by atoms with Gasteiger partial charge in [-0.15, -0.1) is 12.4 Å². The summed E-state index contributed by atoms with van der Waals surface area (Å²) in [7, 11) is 1.42. The van der Waals surface area contributed by atoms with Crippen LogP contribution in [0.5, 0.6) is 11.5 Å². The highest BCUT2D eigenvalue weighted by Crippen LogP contribution is 2.39. The monoisotopic (exact) mass is 503 g/mol. The van der Waals surface area contributed by atoms with Crippen molar-refractivity contribution >= 4 is 29.3 Å². The number of benzene rings is 1. The summed E-state index contributed by atoms with van der Waals surface area (Å²) < 4.78 is 25.9. The summed E-state index contributed by atoms with van der Waals surface area (Å²) in [6, 6.07) is 3.22. The minimum Gasteiger partial charge on any atom is -0.494 e. The highest BCUT2D eigenvalue weighted by atomic mass is 35.5. The summed E-state index contributed by atoms with van der Waals surface area (Å²) in [5.74, 6) is 0.420. The smallest absolute Gasteiger partial charge is 0.255 e. The second-order valence-corrected chi connectivity index (χ2v) is 9.39. The standard InChI is InChI=1S/C25H30FN5O3.ClH/c1-13-21(25(32)31-16-7-5-15(27)6-8-16)23-24(30-13)22(28-12-29-23)17-9-18(26)20(33-2)10-19(17)34-11-14-3-4-14;/h9-10,12,14-16,30H,3-8,11,27H2,1-2H3,(H,31,32);1H/t15-,16+;. The van der Waals surface area contributed by atoms with E-state index >= 15 is 0 Å². The molecule has 1 aromatic carbocycles. The topological polar surface area (TPSA) is 115 Å². The van der Waals surface area contributed by atoms with Gasteiger partial charge in [-0.2, -0.15) is 0 Å². The zero-order valence-electron chi connectivity index (χ0n) is 19.9. The molecule has 2 heterocycles. The average Bonchev–Trinajstić information content (AvgIpc) is 3.59. The van der Waals surface area contributed by atoms with Gasteiger partial charge >= 0.3 is 0 Å². The average molecular weight is 504 g/mol. The molecular formula is C25H31ClFN5O3. The Balaban J connectivity index is 0.00000289. The lowest BCUT2D eigenvalue weighted by Gasteiger charge is -2.26. The largest absolute Gasteiger partial charge is 0.494 e. The Hall–Kier alpha value is -2.91. The number of hydrogen-bond acceptors (Lipinski definition) is 6. The number of nitrogens with one attached hydrogen (secondary N) is 2. The zero-order chi connectivity index (χ0) is 23.8. The number of H-pyrrole nitrogens is 1. The minimum absolute atomic E-state index is 0. The van der Waals surface area contributed by atoms with Crippen molar-refractivity contribution in [2.24, 2.45) is 11.7 Å². The number of nitrogens with two attached hydrogens (primary N) is 1. The van der Waals surface area contributed by atoms with Gasteiger partial charge in [0.15, 0.2) is 11.6 Å². The van der Waals surface area contributed by atoms with Crippen molar-refractivity contribution in [2.45, 2.75) is 57.5 Å². The number of methoxy groups -OCH3 is 1. The van der Waals surface area contributed by atoms with Crippen LogP contribution >= 0.6 is 12.4 Å². The van der Waals surface area contributed by atoms with Crippen LogP contribution in [0.4, 0.5) is 4.39 Å². The molecule has 0 bridgehead atoms. The van der Waals surface area contributed by atoms with E-state index in [1.165, 1.54) is 19.5 Å². The molecule has 1 amide bonds. The van der Waals surface area contributed by atoms with Crippen LogP contribution in [-0.2, 0) is 0 Å². The number of carbonyl (C=O) groups is 1. The van der Waals surface area contributed by atoms with E-state index in [0.717, 1.165) is 38.5 Å². The summed E-state index contributed by atoms with van der Waals surface area (Å²) in [6.07, 6.45) is 7.18. The van der Waals surface area contributed by atoms with Gasteiger partial charge in [0.05, 0.1) is 24.8 Å². The number of carbonyl (C=O) groups excluding carboxylic acids is 1. The van der Waals surface area contributed by atoms with E-state index in [2.05, 4.69) is 20.3 Å². The Morgan fingerprint density at radius 2 is 1.91 bits per heavy atom. The number of aromatic amines is 1. The highest BCUT2D eigenvalue weighted by molar-refractivity contribution is 6.09. The molecule has 3 aromatic rings. The number of nitrogens with zero attached hydrogens (tertiary/aromatic N) is 2. The minimum atomic E-state index is -0.514. The third-order valence-corrected chi connectivity index (χ3v) is 6.79. The molecule has 0 radical (unpaired) electrons. The van der Waals surface area contributed by atoms with Gasteiger partial charge in [-0.25, -0.2) is 14.4 Å². The summed E-state index contributed by atoms with van der Waals surface area (Å²) >= 11 is 0. The Bertz CT molecular complexity index is 1220. The fourth-order valence-electron chi connectivity index (χ4n) is 4.61. The molecular weight excluding hydrogens is 473 g/mol. The molecule has 2 aliphatic rings. The molecule has 2 saturated carbocycles. The molecule has 0 atom stereocenters. The maximum atomic E-state index is 14.7. The van der Waals surface area contributed by atoms with E-state index in [0.29, 0.717) is 51.8 Å². The predicted octanol–water partition coefficient (Wildman–Crippen LogP) is 4.29. The number of hydrogen-bond donors (Lipinski definition) is 3. The Labute approximate surface area is 209 Å². The van der Waals surface area contributed by atoms with Gasteiger partial charge in [-0.05, 0) is 57.4 Å². The van der Waals surface area contributed by atoms with Gasteiger partial charge < -0.3 is 25.5 Å². The van der Waals surface area contributed by atoms with E-state index < -0.39 is 5.82 Å². The van der Waals surface area contributed by atoms with Gasteiger partial charge in [0.25, 0.3) is 5.91 Å². The maximum Gasteiger partial charge on any atom is 0.255 e. The number of fused-ring (bicyclic) bond motifs is 1. The number of halogens is 2. The van der Waals surface area contributed by atoms with Crippen LogP contribution < -0.4 is 20.5 Å². The second-order valence-electron chi connectivity index (χ2n) is 9.39. The Morgan fingerprint density at radius 1 is 1.17 bits per heavy atom. The van der Waals surface area contributed by atoms with E-state index in [9.17, 15) is 9.18 Å². The molecule has 35 heavy (non-hydrogen) atoms. The number of aromatic nitrogens is 3. The quantitative estimate of drug-likeness (QED) is 0.443. The molecule has 2 aromatic heterocycles. The number of amides is 1. The van der Waals surface area contributed by atoms with Crippen LogP contribution in [0.2, 0.25) is 0 Å². The normalized spacial score (nSPS) is 19.8. The van der Waals surface area contributed by atoms with Crippen molar-refractivity contribution in [1.29, 1.82) is 0 Å². The molecule has 0 aliphatic heterocycles. The molecule has 4 N–H and O–H groups in total. The van der Waals surface area contributed by atoms with E-state index in [4.69, 9.17) is 15.2 Å². The summed E-state index contributed by atoms with van der Waals surface area (Å²) in [4.78, 5) is 25.3. The van der Waals surface area contributed by atoms with Crippen molar-refractivity contribution in [1.82, 2.24) is 20.3 Å². The van der Waals surface area contributed by atoms with E-state index in [1.807, 2.05) is 6.92 Å². The second kappa shape index (κ2) is 10.4. The number of ether oxygens (including phenoxy) is 2. The number of aryl methyl sites for hydroxylation is 1. The van der Waals surface area contributed by atoms with Crippen LogP contribution in [0.1, 0.15) is 54.6 Å². The first kappa shape index (κ1) is 25.2. The lowest BCUT2D eigenvalue weighted by Crippen LogP contribution is -2.40. The van der Waals surface area contributed by atoms with Crippen molar-refractivity contribution in [3.63, 3.8) is 0 Å². The maximum absolute atomic E-state index is 14.7. The fraction of sp³-hybridized carbons (Fsp3) is 0.480. The van der Waals surface area contributed by atoms with Crippen LogP contribution in [0, 0.1) is 18.7 Å². The van der Waals surface area contributed by atoms with Crippen molar-refractivity contribution in [3.8, 4) is 22.8 Å². The van der Waals surface area contributed by atoms with Crippen molar-refractivity contribution in [3.05, 3.63) is 35.5 Å². The first-order chi connectivity index (χ1) is 16.4. The van der Waals surface area contributed by atoms with Crippen LogP contribution in [0.3, 0.4) is 0 Å². The summed E-state index contributed by atoms with van der Waals surface area (Å²) in [5, 5.41) is 3.13. The van der Waals surface area contributed by atoms with Crippen LogP contribution in [0.15, 0.2) is 18.5 Å². The SMILES string of the molecule is COc1cc(OCC2CC2)c(-c2ncnc3c(C(=O)N[C@H]4CC[C@@H](N)CC4)c(C)[nH]c23)cc1F.Cl. The molecule has 10 heteroatoms. The summed E-state index contributed by atoms with van der Waals surface area (Å²) in [6.45, 7) is 2.38. The lowest BCUT2D eigenvalue weighted by atomic mass is 9.91. The molecule has 0 unspecified atom stereocenters. The van der Waals surface area contributed by atoms with Gasteiger partial charge in [-0.1, -0.05) is 0 Å². The molecule has 8 nitrogen and oxygen atoms in total. The molecule has 0 saturated heterocycles. The van der Waals surface area contributed by atoms with Gasteiger partial charge in [0.1, 0.15) is 23.3 Å². The molecule has 188 valence electrons. The summed E-state index contributed by atoms with van der Waals surface area (Å²) in [5.41, 5.74) is 9.17. The zero-order valence-corrected chi connectivity index (χ0v) is 20.7. The van der Waals surface area contributed by atoms with E-state index in [-0.39, 0.29) is 36.1 Å². The highest BCUT2D eigenvalue weighted by Gasteiger charge is 2.27. The van der Waals surface area contributed by atoms with Gasteiger partial charge in [-0.3, -0.25) is 4.79 Å². The Kier molecular flexibility index (Phi) is 7.47. The van der Waals surface area contributed by atoms with E-state index in [1.54, 1.807) is 6.07 Å². The van der Waals surface area contributed by atoms with Crippen molar-refractivity contribution < 1.29 is 18.7 Å². The van der Waals surface area contributed by atoms with Crippen molar-refractivity contribution in [2.75, 3.05) is 13.7 Å². The lowest BCUT2D eigenvalue weighted by molar-refractivity contribution is 0.0927. The molecule has 2 aliphatic carbocycles. The van der Waals surface area contributed by atoms with Crippen LogP contribution in [0.25, 0.3) is 22.3 Å². The molecule has 2 fully saturated rings. The Morgan fingerprint density at radius 3 is 2.60 bits per heavy atom. The fourth-order valence-corrected chi connectivity index (χ4v) is 4.61. The number of rotatable bonds is 7. The predicted molar refractivity (Wildman–Crippen MR) is 134 cm³/mol.